The Morgan fingerprint density at radius 3 is 2.95 bits per heavy atom. The van der Waals surface area contributed by atoms with Crippen molar-refractivity contribution in [2.45, 2.75) is 26.4 Å². The number of nitriles is 1. The first kappa shape index (κ1) is 14.5. The lowest BCUT2D eigenvalue weighted by Gasteiger charge is -2.22. The summed E-state index contributed by atoms with van der Waals surface area (Å²) < 4.78 is 5.71. The Kier molecular flexibility index (Phi) is 4.75. The van der Waals surface area contributed by atoms with E-state index in [0.717, 1.165) is 13.0 Å². The molecule has 2 rings (SSSR count). The summed E-state index contributed by atoms with van der Waals surface area (Å²) in [5, 5.41) is 11.9. The van der Waals surface area contributed by atoms with E-state index in [-0.39, 0.29) is 12.0 Å². The Labute approximate surface area is 119 Å². The monoisotopic (exact) mass is 272 g/mol. The standard InChI is InChI=1S/C16H20N2O2/c1-11(2)15-13(7-8-20-15)10-18-16(19)14-6-4-3-5-12(14)9-17/h3-6,11,13,15H,7-8,10H2,1-2H3,(H,18,19)/t13-,15-/m1/s1. The molecule has 0 unspecified atom stereocenters. The highest BCUT2D eigenvalue weighted by molar-refractivity contribution is 5.96. The van der Waals surface area contributed by atoms with Gasteiger partial charge in [-0.2, -0.15) is 5.26 Å². The fraction of sp³-hybridized carbons (Fsp3) is 0.500. The molecule has 0 aromatic heterocycles. The van der Waals surface area contributed by atoms with Crippen LogP contribution in [0.25, 0.3) is 0 Å². The number of rotatable bonds is 4. The van der Waals surface area contributed by atoms with Gasteiger partial charge in [0.1, 0.15) is 0 Å². The van der Waals surface area contributed by atoms with Crippen molar-refractivity contribution in [3.05, 3.63) is 35.4 Å². The van der Waals surface area contributed by atoms with E-state index in [1.807, 2.05) is 6.07 Å². The summed E-state index contributed by atoms with van der Waals surface area (Å²) in [5.74, 6) is 0.621. The van der Waals surface area contributed by atoms with Crippen LogP contribution in [0.1, 0.15) is 36.2 Å². The summed E-state index contributed by atoms with van der Waals surface area (Å²) in [7, 11) is 0. The molecule has 4 heteroatoms. The fourth-order valence-electron chi connectivity index (χ4n) is 2.71. The topological polar surface area (TPSA) is 62.1 Å². The summed E-state index contributed by atoms with van der Waals surface area (Å²) in [6.45, 7) is 5.63. The molecule has 1 aromatic carbocycles. The lowest BCUT2D eigenvalue weighted by Crippen LogP contribution is -2.35. The van der Waals surface area contributed by atoms with Crippen molar-refractivity contribution in [3.63, 3.8) is 0 Å². The SMILES string of the molecule is CC(C)[C@H]1OCC[C@@H]1CNC(=O)c1ccccc1C#N. The number of carbonyl (C=O) groups excluding carboxylic acids is 1. The van der Waals surface area contributed by atoms with Crippen LogP contribution >= 0.6 is 0 Å². The second kappa shape index (κ2) is 6.53. The Balaban J connectivity index is 1.97. The summed E-state index contributed by atoms with van der Waals surface area (Å²) in [6, 6.07) is 8.91. The predicted molar refractivity (Wildman–Crippen MR) is 76.2 cm³/mol. The Hall–Kier alpha value is -1.86. The Bertz CT molecular complexity index is 519. The normalized spacial score (nSPS) is 21.7. The van der Waals surface area contributed by atoms with E-state index in [2.05, 4.69) is 19.2 Å². The number of ether oxygens (including phenoxy) is 1. The molecule has 2 atom stereocenters. The van der Waals surface area contributed by atoms with Gasteiger partial charge in [-0.1, -0.05) is 26.0 Å². The minimum atomic E-state index is -0.184. The van der Waals surface area contributed by atoms with Gasteiger partial charge in [0, 0.05) is 19.1 Å². The molecule has 1 aromatic rings. The average Bonchev–Trinajstić information content (AvgIpc) is 2.93. The van der Waals surface area contributed by atoms with Crippen LogP contribution in [0.3, 0.4) is 0 Å². The van der Waals surface area contributed by atoms with E-state index in [1.54, 1.807) is 24.3 Å². The minimum absolute atomic E-state index is 0.184. The highest BCUT2D eigenvalue weighted by Gasteiger charge is 2.30. The van der Waals surface area contributed by atoms with Gasteiger partial charge in [-0.25, -0.2) is 0 Å². The van der Waals surface area contributed by atoms with Gasteiger partial charge >= 0.3 is 0 Å². The van der Waals surface area contributed by atoms with Crippen molar-refractivity contribution >= 4 is 5.91 Å². The first-order valence-corrected chi connectivity index (χ1v) is 7.02. The number of hydrogen-bond donors (Lipinski definition) is 1. The molecule has 0 bridgehead atoms. The largest absolute Gasteiger partial charge is 0.378 e. The lowest BCUT2D eigenvalue weighted by atomic mass is 9.93. The van der Waals surface area contributed by atoms with Crippen molar-refractivity contribution in [1.82, 2.24) is 5.32 Å². The minimum Gasteiger partial charge on any atom is -0.378 e. The van der Waals surface area contributed by atoms with Gasteiger partial charge in [-0.15, -0.1) is 0 Å². The molecule has 1 aliphatic rings. The van der Waals surface area contributed by atoms with Crippen molar-refractivity contribution in [2.75, 3.05) is 13.2 Å². The first-order chi connectivity index (χ1) is 9.63. The number of amides is 1. The highest BCUT2D eigenvalue weighted by atomic mass is 16.5. The maximum Gasteiger partial charge on any atom is 0.252 e. The van der Waals surface area contributed by atoms with Crippen LogP contribution in [-0.2, 0) is 4.74 Å². The number of nitrogens with zero attached hydrogens (tertiary/aromatic N) is 1. The summed E-state index contributed by atoms with van der Waals surface area (Å²) in [5.41, 5.74) is 0.850. The molecule has 1 amide bonds. The van der Waals surface area contributed by atoms with Gasteiger partial charge in [0.2, 0.25) is 0 Å². The summed E-state index contributed by atoms with van der Waals surface area (Å²) in [4.78, 5) is 12.2. The van der Waals surface area contributed by atoms with E-state index in [4.69, 9.17) is 10.00 Å². The molecule has 1 saturated heterocycles. The molecule has 0 spiro atoms. The van der Waals surface area contributed by atoms with Gasteiger partial charge in [0.05, 0.1) is 23.3 Å². The third-order valence-corrected chi connectivity index (χ3v) is 3.74. The number of nitrogens with one attached hydrogen (secondary N) is 1. The quantitative estimate of drug-likeness (QED) is 0.915. The molecule has 1 N–H and O–H groups in total. The van der Waals surface area contributed by atoms with Crippen LogP contribution in [0.4, 0.5) is 0 Å². The van der Waals surface area contributed by atoms with Crippen LogP contribution in [0.5, 0.6) is 0 Å². The van der Waals surface area contributed by atoms with Crippen molar-refractivity contribution in [1.29, 1.82) is 5.26 Å². The number of carbonyl (C=O) groups is 1. The molecular formula is C16H20N2O2. The van der Waals surface area contributed by atoms with Gasteiger partial charge in [0.15, 0.2) is 0 Å². The molecule has 1 aliphatic heterocycles. The maximum absolute atomic E-state index is 12.2. The predicted octanol–water partition coefficient (Wildman–Crippen LogP) is 2.35. The maximum atomic E-state index is 12.2. The third kappa shape index (κ3) is 3.17. The summed E-state index contributed by atoms with van der Waals surface area (Å²) in [6.07, 6.45) is 1.18. The van der Waals surface area contributed by atoms with Crippen LogP contribution in [0.15, 0.2) is 24.3 Å². The van der Waals surface area contributed by atoms with E-state index in [9.17, 15) is 4.79 Å². The van der Waals surface area contributed by atoms with Crippen LogP contribution in [-0.4, -0.2) is 25.2 Å². The molecule has 0 saturated carbocycles. The van der Waals surface area contributed by atoms with Crippen molar-refractivity contribution < 1.29 is 9.53 Å². The van der Waals surface area contributed by atoms with Crippen LogP contribution < -0.4 is 5.32 Å². The molecule has 20 heavy (non-hydrogen) atoms. The van der Waals surface area contributed by atoms with Crippen molar-refractivity contribution in [3.8, 4) is 6.07 Å². The second-order valence-corrected chi connectivity index (χ2v) is 5.50. The number of hydrogen-bond acceptors (Lipinski definition) is 3. The van der Waals surface area contributed by atoms with Gasteiger partial charge in [-0.05, 0) is 24.5 Å². The zero-order valence-electron chi connectivity index (χ0n) is 11.9. The average molecular weight is 272 g/mol. The molecular weight excluding hydrogens is 252 g/mol. The van der Waals surface area contributed by atoms with E-state index < -0.39 is 0 Å². The van der Waals surface area contributed by atoms with E-state index in [0.29, 0.717) is 29.5 Å². The fourth-order valence-corrected chi connectivity index (χ4v) is 2.71. The van der Waals surface area contributed by atoms with Gasteiger partial charge < -0.3 is 10.1 Å². The molecule has 106 valence electrons. The molecule has 1 heterocycles. The zero-order chi connectivity index (χ0) is 14.5. The first-order valence-electron chi connectivity index (χ1n) is 7.02. The molecule has 1 fully saturated rings. The smallest absolute Gasteiger partial charge is 0.252 e. The number of benzene rings is 1. The summed E-state index contributed by atoms with van der Waals surface area (Å²) >= 11 is 0. The lowest BCUT2D eigenvalue weighted by molar-refractivity contribution is 0.0533. The van der Waals surface area contributed by atoms with E-state index >= 15 is 0 Å². The van der Waals surface area contributed by atoms with Crippen LogP contribution in [0, 0.1) is 23.2 Å². The zero-order valence-corrected chi connectivity index (χ0v) is 11.9. The van der Waals surface area contributed by atoms with Crippen LogP contribution in [0.2, 0.25) is 0 Å². The van der Waals surface area contributed by atoms with Crippen molar-refractivity contribution in [2.24, 2.45) is 11.8 Å². The third-order valence-electron chi connectivity index (χ3n) is 3.74. The Morgan fingerprint density at radius 1 is 1.50 bits per heavy atom. The van der Waals surface area contributed by atoms with Gasteiger partial charge in [0.25, 0.3) is 5.91 Å². The molecule has 0 aliphatic carbocycles. The highest BCUT2D eigenvalue weighted by Crippen LogP contribution is 2.26. The van der Waals surface area contributed by atoms with E-state index in [1.165, 1.54) is 0 Å². The second-order valence-electron chi connectivity index (χ2n) is 5.50. The molecule has 4 nitrogen and oxygen atoms in total. The molecule has 0 radical (unpaired) electrons. The Morgan fingerprint density at radius 2 is 2.25 bits per heavy atom. The van der Waals surface area contributed by atoms with Gasteiger partial charge in [-0.3, -0.25) is 4.79 Å².